The molecule has 0 spiro atoms. The maximum Gasteiger partial charge on any atom is 0.419 e. The zero-order valence-corrected chi connectivity index (χ0v) is 71.6. The minimum absolute atomic E-state index is 0.000941. The third-order valence-corrected chi connectivity index (χ3v) is 19.2. The van der Waals surface area contributed by atoms with Gasteiger partial charge in [0.2, 0.25) is 5.24 Å². The second-order valence-corrected chi connectivity index (χ2v) is 38.2. The molecule has 0 fully saturated rings. The molecule has 0 aliphatic heterocycles. The number of esters is 2. The number of hydrogen-bond acceptors (Lipinski definition) is 12. The van der Waals surface area contributed by atoms with Crippen molar-refractivity contribution in [2.75, 3.05) is 0 Å². The maximum absolute atomic E-state index is 13.3. The van der Waals surface area contributed by atoms with Crippen LogP contribution in [0.5, 0.6) is 0 Å². The van der Waals surface area contributed by atoms with E-state index in [-0.39, 0.29) is 83.4 Å². The van der Waals surface area contributed by atoms with E-state index in [1.54, 1.807) is 26.2 Å². The average Bonchev–Trinajstić information content (AvgIpc) is 1.65. The van der Waals surface area contributed by atoms with Crippen molar-refractivity contribution in [2.24, 2.45) is 80.8 Å². The lowest BCUT2D eigenvalue weighted by molar-refractivity contribution is -0.151. The molecular weight excluding hydrogens is 1380 g/mol. The lowest BCUT2D eigenvalue weighted by Crippen LogP contribution is -2.29. The second kappa shape index (κ2) is 42.7. The fourth-order valence-electron chi connectivity index (χ4n) is 14.3. The summed E-state index contributed by atoms with van der Waals surface area (Å²) in [6.45, 7) is 54.4. The quantitative estimate of drug-likeness (QED) is 0.0254. The van der Waals surface area contributed by atoms with Crippen molar-refractivity contribution in [3.05, 3.63) is 144 Å². The van der Waals surface area contributed by atoms with Crippen LogP contribution < -0.4 is 0 Å². The Morgan fingerprint density at radius 1 is 0.398 bits per heavy atom. The molecule has 600 valence electrons. The van der Waals surface area contributed by atoms with Gasteiger partial charge in [-0.05, 0) is 197 Å². The number of halogens is 1. The lowest BCUT2D eigenvalue weighted by atomic mass is 9.73. The molecule has 1 N–H and O–H groups in total. The van der Waals surface area contributed by atoms with Gasteiger partial charge in [-0.2, -0.15) is 0 Å². The Bertz CT molecular complexity index is 3800. The number of aromatic nitrogens is 2. The topological polar surface area (TPSA) is 204 Å². The van der Waals surface area contributed by atoms with Gasteiger partial charge >= 0.3 is 30.1 Å². The number of benzene rings is 4. The first-order chi connectivity index (χ1) is 49.7. The Morgan fingerprint density at radius 3 is 1.06 bits per heavy atom. The number of Topliss-reactive ketones (excluding diaryl/α,β-unsaturated/α-hetero) is 2. The van der Waals surface area contributed by atoms with Gasteiger partial charge in [0.25, 0.3) is 0 Å². The van der Waals surface area contributed by atoms with Gasteiger partial charge in [0, 0.05) is 53.8 Å². The number of carboxylic acids is 1. The minimum atomic E-state index is -0.853. The van der Waals surface area contributed by atoms with E-state index < -0.39 is 47.1 Å². The first-order valence-electron chi connectivity index (χ1n) is 39.3. The summed E-state index contributed by atoms with van der Waals surface area (Å²) in [4.78, 5) is 99.0. The van der Waals surface area contributed by atoms with Crippen molar-refractivity contribution < 1.29 is 62.4 Å². The molecular formula is C92H137ClN2O13. The van der Waals surface area contributed by atoms with Crippen LogP contribution in [0.1, 0.15) is 266 Å². The van der Waals surface area contributed by atoms with Gasteiger partial charge in [-0.1, -0.05) is 236 Å². The number of hydrogen-bond donors (Lipinski definition) is 1. The van der Waals surface area contributed by atoms with Crippen LogP contribution in [0.4, 0.5) is 9.59 Å². The van der Waals surface area contributed by atoms with Gasteiger partial charge in [-0.3, -0.25) is 37.9 Å². The summed E-state index contributed by atoms with van der Waals surface area (Å²) in [6.07, 6.45) is 12.1. The van der Waals surface area contributed by atoms with E-state index in [4.69, 9.17) is 35.7 Å². The number of fused-ring (bicyclic) bond motifs is 2. The van der Waals surface area contributed by atoms with E-state index in [0.717, 1.165) is 89.0 Å². The molecule has 0 bridgehead atoms. The van der Waals surface area contributed by atoms with Gasteiger partial charge in [0.05, 0.1) is 28.8 Å². The van der Waals surface area contributed by atoms with E-state index in [9.17, 15) is 38.4 Å². The zero-order chi connectivity index (χ0) is 82.0. The van der Waals surface area contributed by atoms with Crippen molar-refractivity contribution in [2.45, 2.75) is 281 Å². The van der Waals surface area contributed by atoms with Crippen molar-refractivity contribution >= 4 is 80.3 Å². The molecule has 108 heavy (non-hydrogen) atoms. The number of nitrogens with zero attached hydrogens (tertiary/aromatic N) is 2. The Labute approximate surface area is 654 Å². The number of para-hydroxylation sites is 2. The first-order valence-corrected chi connectivity index (χ1v) is 39.6. The number of ketones is 2. The molecule has 16 heteroatoms. The minimum Gasteiger partial charge on any atom is -0.481 e. The van der Waals surface area contributed by atoms with Crippen molar-refractivity contribution in [3.63, 3.8) is 0 Å². The van der Waals surface area contributed by atoms with Crippen LogP contribution in [0, 0.1) is 80.8 Å². The van der Waals surface area contributed by atoms with Crippen LogP contribution >= 0.6 is 11.6 Å². The van der Waals surface area contributed by atoms with Gasteiger partial charge < -0.3 is 24.1 Å². The zero-order valence-electron chi connectivity index (χ0n) is 70.8. The fourth-order valence-corrected chi connectivity index (χ4v) is 14.6. The maximum atomic E-state index is 13.3. The smallest absolute Gasteiger partial charge is 0.419 e. The highest BCUT2D eigenvalue weighted by Gasteiger charge is 2.34. The molecule has 6 rings (SSSR count). The number of aliphatic carboxylic acids is 1. The molecule has 0 aliphatic rings. The molecule has 0 amide bonds. The standard InChI is InChI=1S/C29H48O3.C28H33NO5.C18H35ClO.C17H21NO4/c1-21(18-28(4,5)6)15-16-25(23(3)19-29(7,8)9)26(30)17-22(2)27(31)32-20-24-13-11-10-12-14-24;1-19(25(30)16-20(2)26(31)33-18-21-11-7-6-8-12-21)15-22-17-29(27(32)34-28(3,4)5)24-14-10-9-13-23(22)24;1-13(11-17(3,4)5)9-10-15(16(19)20)14(2)12-18(6,7)8;1-11(15(19)20)9-12-10-18(16(21)22-17(2,3)4)14-8-6-5-7-13(12)14/h10-14,21-23,25H,15-20H2,1-9H3;6-14,17,19-20H,15-16,18H2,1-5H3;13-15H,9-12H2,1-8H3;5-8,10-11H,9H2,1-4H3,(H,19,20)/t21?,22-,23?,25?;19-,20+;;11-/m10.0/s1. The molecule has 2 aromatic heterocycles. The van der Waals surface area contributed by atoms with Crippen LogP contribution in [0.25, 0.3) is 21.8 Å². The Kier molecular flexibility index (Phi) is 37.5. The van der Waals surface area contributed by atoms with Crippen molar-refractivity contribution in [1.29, 1.82) is 0 Å². The molecule has 4 aromatic carbocycles. The van der Waals surface area contributed by atoms with E-state index in [2.05, 4.69) is 111 Å². The highest BCUT2D eigenvalue weighted by Crippen LogP contribution is 2.38. The molecule has 10 atom stereocenters. The lowest BCUT2D eigenvalue weighted by Gasteiger charge is -2.31. The average molecular weight is 1510 g/mol. The largest absolute Gasteiger partial charge is 0.481 e. The number of rotatable bonds is 30. The van der Waals surface area contributed by atoms with Gasteiger partial charge in [0.1, 0.15) is 36.0 Å². The van der Waals surface area contributed by atoms with Gasteiger partial charge in [-0.15, -0.1) is 0 Å². The van der Waals surface area contributed by atoms with Crippen LogP contribution in [0.2, 0.25) is 0 Å². The van der Waals surface area contributed by atoms with E-state index in [1.807, 2.05) is 165 Å². The summed E-state index contributed by atoms with van der Waals surface area (Å²) in [5, 5.41) is 10.7. The fraction of sp³-hybridized carbons (Fsp3) is 0.609. The number of carbonyl (C=O) groups excluding carboxylic acids is 7. The highest BCUT2D eigenvalue weighted by molar-refractivity contribution is 6.64. The van der Waals surface area contributed by atoms with Crippen LogP contribution in [-0.2, 0) is 73.8 Å². The van der Waals surface area contributed by atoms with Crippen molar-refractivity contribution in [3.8, 4) is 0 Å². The van der Waals surface area contributed by atoms with Crippen molar-refractivity contribution in [1.82, 2.24) is 9.13 Å². The Balaban J connectivity index is 0.000000382. The molecule has 6 unspecified atom stereocenters. The van der Waals surface area contributed by atoms with Gasteiger partial charge in [-0.25, -0.2) is 9.59 Å². The summed E-state index contributed by atoms with van der Waals surface area (Å²) in [6, 6.07) is 34.1. The number of ether oxygens (including phenoxy) is 4. The third kappa shape index (κ3) is 36.4. The summed E-state index contributed by atoms with van der Waals surface area (Å²) in [5.41, 5.74) is 4.94. The summed E-state index contributed by atoms with van der Waals surface area (Å²) in [7, 11) is 0. The Hall–Kier alpha value is -7.39. The van der Waals surface area contributed by atoms with Crippen LogP contribution in [0.3, 0.4) is 0 Å². The molecule has 0 radical (unpaired) electrons. The summed E-state index contributed by atoms with van der Waals surface area (Å²) >= 11 is 5.85. The Morgan fingerprint density at radius 2 is 0.722 bits per heavy atom. The predicted molar refractivity (Wildman–Crippen MR) is 440 cm³/mol. The SMILES string of the molecule is CC(CCC(C(=O)C[C@@H](C)C(=O)OCc1ccccc1)C(C)CC(C)(C)C)CC(C)(C)C.CC(CCC(C(=O)Cl)C(C)CC(C)(C)C)CC(C)(C)C.C[C@@H](Cc1cn(C(=O)OC(C)(C)C)c2ccccc12)C(=O)O.C[C@H](CC(=O)[C@@H](C)Cc1cn(C(=O)OC(C)(C)C)c2ccccc12)C(=O)OCc1ccccc1. The van der Waals surface area contributed by atoms with Crippen LogP contribution in [-0.4, -0.2) is 72.3 Å². The van der Waals surface area contributed by atoms with Crippen LogP contribution in [0.15, 0.2) is 122 Å². The number of carboxylic acid groups (broad SMARTS) is 1. The second-order valence-electron chi connectivity index (χ2n) is 37.8. The predicted octanol–water partition coefficient (Wildman–Crippen LogP) is 23.8. The third-order valence-electron chi connectivity index (χ3n) is 18.9. The van der Waals surface area contributed by atoms with Gasteiger partial charge in [0.15, 0.2) is 0 Å². The molecule has 0 saturated heterocycles. The van der Waals surface area contributed by atoms with E-state index >= 15 is 0 Å². The highest BCUT2D eigenvalue weighted by atomic mass is 35.5. The molecule has 2 heterocycles. The normalized spacial score (nSPS) is 14.9. The molecule has 6 aromatic rings. The molecule has 0 aliphatic carbocycles. The number of carbonyl (C=O) groups is 8. The summed E-state index contributed by atoms with van der Waals surface area (Å²) in [5.74, 6) is -1.18. The molecule has 0 saturated carbocycles. The molecule has 15 nitrogen and oxygen atoms in total. The first kappa shape index (κ1) is 94.8. The monoisotopic (exact) mass is 1510 g/mol. The van der Waals surface area contributed by atoms with E-state index in [1.165, 1.54) is 15.6 Å². The van der Waals surface area contributed by atoms with E-state index in [0.29, 0.717) is 47.3 Å². The summed E-state index contributed by atoms with van der Waals surface area (Å²) < 4.78 is 24.7.